The third-order valence-electron chi connectivity index (χ3n) is 3.39. The Hall–Kier alpha value is -0.950. The summed E-state index contributed by atoms with van der Waals surface area (Å²) in [5, 5.41) is 2.83. The van der Waals surface area contributed by atoms with E-state index in [4.69, 9.17) is 0 Å². The van der Waals surface area contributed by atoms with Gasteiger partial charge >= 0.3 is 0 Å². The fourth-order valence-corrected chi connectivity index (χ4v) is 4.58. The Kier molecular flexibility index (Phi) is 4.82. The van der Waals surface area contributed by atoms with Crippen LogP contribution >= 0.6 is 43.2 Å². The summed E-state index contributed by atoms with van der Waals surface area (Å²) < 4.78 is 4.16. The average molecular weight is 442 g/mol. The van der Waals surface area contributed by atoms with Crippen LogP contribution in [0.4, 0.5) is 0 Å². The van der Waals surface area contributed by atoms with Crippen LogP contribution in [0.15, 0.2) is 55.6 Å². The lowest BCUT2D eigenvalue weighted by Crippen LogP contribution is -2.22. The molecule has 0 amide bonds. The molecule has 0 aliphatic rings. The Bertz CT molecular complexity index is 872. The first kappa shape index (κ1) is 15.9. The van der Waals surface area contributed by atoms with E-state index in [-0.39, 0.29) is 5.43 Å². The number of para-hydroxylation sites is 1. The smallest absolute Gasteiger partial charge is 0.189 e. The van der Waals surface area contributed by atoms with Crippen LogP contribution in [0.25, 0.3) is 10.9 Å². The first-order chi connectivity index (χ1) is 10.5. The van der Waals surface area contributed by atoms with Crippen molar-refractivity contribution in [2.24, 2.45) is 0 Å². The second-order valence-corrected chi connectivity index (χ2v) is 7.94. The quantitative estimate of drug-likeness (QED) is 0.587. The van der Waals surface area contributed by atoms with Gasteiger partial charge in [-0.2, -0.15) is 0 Å². The molecule has 0 bridgehead atoms. The Morgan fingerprint density at radius 3 is 2.82 bits per heavy atom. The number of halogens is 2. The van der Waals surface area contributed by atoms with Gasteiger partial charge in [0.1, 0.15) is 0 Å². The van der Waals surface area contributed by atoms with Crippen molar-refractivity contribution >= 4 is 54.1 Å². The lowest BCUT2D eigenvalue weighted by molar-refractivity contribution is 0.266. The molecule has 3 aromatic rings. The van der Waals surface area contributed by atoms with E-state index in [2.05, 4.69) is 59.8 Å². The van der Waals surface area contributed by atoms with Gasteiger partial charge in [0, 0.05) is 43.4 Å². The average Bonchev–Trinajstić information content (AvgIpc) is 2.87. The van der Waals surface area contributed by atoms with E-state index < -0.39 is 0 Å². The monoisotopic (exact) mass is 440 g/mol. The van der Waals surface area contributed by atoms with Crippen LogP contribution in [0.5, 0.6) is 0 Å². The minimum atomic E-state index is 0.0531. The van der Waals surface area contributed by atoms with Gasteiger partial charge in [-0.1, -0.05) is 6.07 Å². The Morgan fingerprint density at radius 1 is 1.27 bits per heavy atom. The molecular formula is C16H14Br2N2OS. The second-order valence-electron chi connectivity index (χ2n) is 5.17. The zero-order valence-corrected chi connectivity index (χ0v) is 15.9. The van der Waals surface area contributed by atoms with Crippen molar-refractivity contribution < 1.29 is 0 Å². The van der Waals surface area contributed by atoms with Crippen LogP contribution in [-0.2, 0) is 13.2 Å². The first-order valence-corrected chi connectivity index (χ1v) is 9.20. The number of aromatic nitrogens is 1. The molecule has 1 aromatic carbocycles. The van der Waals surface area contributed by atoms with Crippen LogP contribution in [0, 0.1) is 0 Å². The third-order valence-corrected chi connectivity index (χ3v) is 5.71. The van der Waals surface area contributed by atoms with Gasteiger partial charge in [0.25, 0.3) is 0 Å². The molecule has 6 heteroatoms. The van der Waals surface area contributed by atoms with Gasteiger partial charge in [-0.15, -0.1) is 11.3 Å². The fraction of sp³-hybridized carbons (Fsp3) is 0.188. The van der Waals surface area contributed by atoms with Gasteiger partial charge in [-0.25, -0.2) is 0 Å². The van der Waals surface area contributed by atoms with Crippen LogP contribution in [0.1, 0.15) is 4.88 Å². The van der Waals surface area contributed by atoms with Crippen LogP contribution in [0.3, 0.4) is 0 Å². The highest BCUT2D eigenvalue weighted by atomic mass is 79.9. The summed E-state index contributed by atoms with van der Waals surface area (Å²) in [7, 11) is 2.08. The zero-order chi connectivity index (χ0) is 15.7. The number of benzene rings is 1. The van der Waals surface area contributed by atoms with Crippen molar-refractivity contribution in [2.75, 3.05) is 7.05 Å². The van der Waals surface area contributed by atoms with Gasteiger partial charge in [0.15, 0.2) is 5.43 Å². The summed E-state index contributed by atoms with van der Waals surface area (Å²) in [5.74, 6) is 0. The molecule has 0 fully saturated rings. The number of hydrogen-bond donors (Lipinski definition) is 0. The zero-order valence-electron chi connectivity index (χ0n) is 11.9. The summed E-state index contributed by atoms with van der Waals surface area (Å²) in [4.78, 5) is 15.5. The van der Waals surface area contributed by atoms with Gasteiger partial charge in [0.2, 0.25) is 0 Å². The van der Waals surface area contributed by atoms with E-state index in [0.717, 1.165) is 33.1 Å². The van der Waals surface area contributed by atoms with Gasteiger partial charge in [-0.3, -0.25) is 9.69 Å². The van der Waals surface area contributed by atoms with E-state index in [1.54, 1.807) is 17.4 Å². The van der Waals surface area contributed by atoms with Crippen LogP contribution in [-0.4, -0.2) is 16.5 Å². The predicted molar refractivity (Wildman–Crippen MR) is 99.4 cm³/mol. The minimum Gasteiger partial charge on any atom is -0.333 e. The topological polar surface area (TPSA) is 25.2 Å². The Morgan fingerprint density at radius 2 is 2.09 bits per heavy atom. The second kappa shape index (κ2) is 6.66. The molecule has 0 spiro atoms. The van der Waals surface area contributed by atoms with E-state index in [1.807, 2.05) is 24.4 Å². The molecule has 0 atom stereocenters. The number of nitrogens with zero attached hydrogens (tertiary/aromatic N) is 2. The van der Waals surface area contributed by atoms with Crippen molar-refractivity contribution in [3.63, 3.8) is 0 Å². The van der Waals surface area contributed by atoms with Crippen molar-refractivity contribution in [1.82, 2.24) is 9.47 Å². The molecular weight excluding hydrogens is 428 g/mol. The number of hydrogen-bond acceptors (Lipinski definition) is 3. The molecule has 2 heterocycles. The van der Waals surface area contributed by atoms with Crippen LogP contribution < -0.4 is 5.43 Å². The molecule has 22 heavy (non-hydrogen) atoms. The maximum atomic E-state index is 12.0. The summed E-state index contributed by atoms with van der Waals surface area (Å²) in [6.07, 6.45) is 1.86. The molecule has 0 unspecified atom stereocenters. The van der Waals surface area contributed by atoms with Gasteiger partial charge < -0.3 is 4.57 Å². The number of rotatable bonds is 4. The largest absolute Gasteiger partial charge is 0.333 e. The SMILES string of the molecule is CN(Cc1cc(Br)cs1)Cn1ccc(=O)c2cccc(Br)c21. The summed E-state index contributed by atoms with van der Waals surface area (Å²) in [5.41, 5.74) is 0.992. The van der Waals surface area contributed by atoms with E-state index >= 15 is 0 Å². The molecule has 0 aliphatic carbocycles. The fourth-order valence-electron chi connectivity index (χ4n) is 2.46. The third kappa shape index (κ3) is 3.35. The Balaban J connectivity index is 1.90. The maximum Gasteiger partial charge on any atom is 0.189 e. The van der Waals surface area contributed by atoms with Crippen molar-refractivity contribution in [1.29, 1.82) is 0 Å². The molecule has 0 saturated heterocycles. The summed E-state index contributed by atoms with van der Waals surface area (Å²) >= 11 is 8.78. The number of pyridine rings is 1. The van der Waals surface area contributed by atoms with E-state index in [9.17, 15) is 4.79 Å². The van der Waals surface area contributed by atoms with E-state index in [0.29, 0.717) is 0 Å². The molecule has 0 saturated carbocycles. The van der Waals surface area contributed by atoms with Crippen LogP contribution in [0.2, 0.25) is 0 Å². The standard InChI is InChI=1S/C16H14Br2N2OS/c1-19(8-12-7-11(17)9-22-12)10-20-6-5-15(21)13-3-2-4-14(18)16(13)20/h2-7,9H,8,10H2,1H3. The molecule has 0 aliphatic heterocycles. The molecule has 114 valence electrons. The Labute approximate surface area is 149 Å². The number of fused-ring (bicyclic) bond motifs is 1. The summed E-state index contributed by atoms with van der Waals surface area (Å²) in [6, 6.07) is 9.50. The maximum absolute atomic E-state index is 12.0. The van der Waals surface area contributed by atoms with Gasteiger partial charge in [0.05, 0.1) is 12.2 Å². The predicted octanol–water partition coefficient (Wildman–Crippen LogP) is 4.68. The normalized spacial score (nSPS) is 11.5. The molecule has 3 nitrogen and oxygen atoms in total. The lowest BCUT2D eigenvalue weighted by Gasteiger charge is -2.20. The highest BCUT2D eigenvalue weighted by Gasteiger charge is 2.09. The number of thiophene rings is 1. The highest BCUT2D eigenvalue weighted by Crippen LogP contribution is 2.23. The van der Waals surface area contributed by atoms with Crippen molar-refractivity contribution in [2.45, 2.75) is 13.2 Å². The van der Waals surface area contributed by atoms with Crippen molar-refractivity contribution in [3.05, 3.63) is 66.0 Å². The minimum absolute atomic E-state index is 0.0531. The summed E-state index contributed by atoms with van der Waals surface area (Å²) in [6.45, 7) is 1.59. The highest BCUT2D eigenvalue weighted by molar-refractivity contribution is 9.11. The van der Waals surface area contributed by atoms with Crippen molar-refractivity contribution in [3.8, 4) is 0 Å². The lowest BCUT2D eigenvalue weighted by atomic mass is 10.2. The van der Waals surface area contributed by atoms with Gasteiger partial charge in [-0.05, 0) is 57.1 Å². The first-order valence-electron chi connectivity index (χ1n) is 6.74. The molecule has 0 radical (unpaired) electrons. The molecule has 2 aromatic heterocycles. The molecule has 3 rings (SSSR count). The molecule has 0 N–H and O–H groups in total. The van der Waals surface area contributed by atoms with E-state index in [1.165, 1.54) is 4.88 Å².